The Morgan fingerprint density at radius 3 is 2.83 bits per heavy atom. The van der Waals surface area contributed by atoms with Gasteiger partial charge < -0.3 is 10.2 Å². The zero-order valence-corrected chi connectivity index (χ0v) is 19.9. The minimum atomic E-state index is -0.840. The molecule has 1 atom stereocenters. The number of nitrogens with one attached hydrogen (secondary N) is 2. The molecule has 1 saturated heterocycles. The van der Waals surface area contributed by atoms with Crippen molar-refractivity contribution in [3.8, 4) is 11.3 Å². The molecule has 2 aromatic heterocycles. The number of H-pyrrole nitrogens is 1. The molecule has 0 unspecified atom stereocenters. The maximum absolute atomic E-state index is 13.7. The average molecular weight is 489 g/mol. The molecule has 1 fully saturated rings. The fourth-order valence-electron chi connectivity index (χ4n) is 5.33. The number of hydrogen-bond acceptors (Lipinski definition) is 4. The van der Waals surface area contributed by atoms with Crippen LogP contribution in [0.15, 0.2) is 48.7 Å². The first-order valence-corrected chi connectivity index (χ1v) is 12.1. The van der Waals surface area contributed by atoms with E-state index in [4.69, 9.17) is 0 Å². The fourth-order valence-corrected chi connectivity index (χ4v) is 5.33. The van der Waals surface area contributed by atoms with E-state index in [-0.39, 0.29) is 12.1 Å². The molecular formula is C27H26F2N6O. The molecule has 0 saturated carbocycles. The maximum Gasteiger partial charge on any atom is 0.322 e. The minimum Gasteiger partial charge on any atom is -0.316 e. The lowest BCUT2D eigenvalue weighted by Crippen LogP contribution is -2.52. The van der Waals surface area contributed by atoms with Gasteiger partial charge in [-0.2, -0.15) is 5.10 Å². The number of hydrogen-bond donors (Lipinski definition) is 2. The Morgan fingerprint density at radius 2 is 2.00 bits per heavy atom. The lowest BCUT2D eigenvalue weighted by Gasteiger charge is -2.41. The highest BCUT2D eigenvalue weighted by molar-refractivity contribution is 6.00. The number of urea groups is 1. The second kappa shape index (κ2) is 8.98. The monoisotopic (exact) mass is 488 g/mol. The predicted molar refractivity (Wildman–Crippen MR) is 133 cm³/mol. The van der Waals surface area contributed by atoms with E-state index in [1.54, 1.807) is 12.3 Å². The Kier molecular flexibility index (Phi) is 5.64. The Balaban J connectivity index is 1.24. The quantitative estimate of drug-likeness (QED) is 0.413. The van der Waals surface area contributed by atoms with Gasteiger partial charge in [0.15, 0.2) is 11.6 Å². The molecule has 7 nitrogen and oxygen atoms in total. The largest absolute Gasteiger partial charge is 0.322 e. The second-order valence-corrected chi connectivity index (χ2v) is 9.65. The number of aryl methyl sites for hydroxylation is 1. The summed E-state index contributed by atoms with van der Waals surface area (Å²) >= 11 is 0. The van der Waals surface area contributed by atoms with Crippen molar-refractivity contribution in [2.45, 2.75) is 38.9 Å². The molecule has 2 aliphatic heterocycles. The Morgan fingerprint density at radius 1 is 1.11 bits per heavy atom. The fraction of sp³-hybridized carbons (Fsp3) is 0.296. The van der Waals surface area contributed by atoms with Gasteiger partial charge in [0, 0.05) is 54.2 Å². The smallest absolute Gasteiger partial charge is 0.316 e. The highest BCUT2D eigenvalue weighted by Crippen LogP contribution is 2.34. The minimum absolute atomic E-state index is 0.0274. The molecule has 2 N–H and O–H groups in total. The van der Waals surface area contributed by atoms with Crippen LogP contribution in [0.1, 0.15) is 29.7 Å². The molecule has 6 rings (SSSR count). The molecule has 36 heavy (non-hydrogen) atoms. The van der Waals surface area contributed by atoms with E-state index in [9.17, 15) is 13.6 Å². The number of anilines is 1. The highest BCUT2D eigenvalue weighted by Gasteiger charge is 2.32. The van der Waals surface area contributed by atoms with Gasteiger partial charge in [0.25, 0.3) is 0 Å². The summed E-state index contributed by atoms with van der Waals surface area (Å²) in [5, 5.41) is 11.7. The number of carbonyl (C=O) groups excluding carboxylic acids is 1. The standard InChI is InChI=1S/C27H26F2N6O/c1-16-9-18(6-7-30-16)26-21-11-19-14-35(27(36)31-24(19)12-25(21)32-33-26)20-3-2-8-34(15-20)13-17-4-5-22(28)23(29)10-17/h4-7,9-12,20H,2-3,8,13-15H2,1H3,(H,31,36)(H,32,33)/t20-/m1/s1. The van der Waals surface area contributed by atoms with E-state index >= 15 is 0 Å². The van der Waals surface area contributed by atoms with Crippen molar-refractivity contribution in [1.82, 2.24) is 25.0 Å². The average Bonchev–Trinajstić information content (AvgIpc) is 3.27. The number of aromatic amines is 1. The van der Waals surface area contributed by atoms with E-state index in [2.05, 4.69) is 31.5 Å². The van der Waals surface area contributed by atoms with Crippen molar-refractivity contribution >= 4 is 22.6 Å². The van der Waals surface area contributed by atoms with Gasteiger partial charge in [-0.3, -0.25) is 15.0 Å². The van der Waals surface area contributed by atoms with Crippen LogP contribution in [0.5, 0.6) is 0 Å². The van der Waals surface area contributed by atoms with Crippen molar-refractivity contribution < 1.29 is 13.6 Å². The SMILES string of the molecule is Cc1cc(-c2n[nH]c3cc4c(cc23)CN([C@@H]2CCCN(Cc3ccc(F)c(F)c3)C2)C(=O)N4)ccn1. The van der Waals surface area contributed by atoms with E-state index in [0.717, 1.165) is 64.1 Å². The van der Waals surface area contributed by atoms with Gasteiger partial charge in [-0.15, -0.1) is 0 Å². The summed E-state index contributed by atoms with van der Waals surface area (Å²) < 4.78 is 27.0. The number of aromatic nitrogens is 3. The normalized spacial score (nSPS) is 18.4. The molecule has 2 amide bonds. The van der Waals surface area contributed by atoms with Crippen LogP contribution in [0.2, 0.25) is 0 Å². The first-order chi connectivity index (χ1) is 17.4. The third kappa shape index (κ3) is 4.19. The lowest BCUT2D eigenvalue weighted by molar-refractivity contribution is 0.108. The van der Waals surface area contributed by atoms with E-state index < -0.39 is 11.6 Å². The predicted octanol–water partition coefficient (Wildman–Crippen LogP) is 5.22. The van der Waals surface area contributed by atoms with Crippen LogP contribution in [0, 0.1) is 18.6 Å². The van der Waals surface area contributed by atoms with Gasteiger partial charge >= 0.3 is 6.03 Å². The van der Waals surface area contributed by atoms with Gasteiger partial charge in [0.05, 0.1) is 5.52 Å². The lowest BCUT2D eigenvalue weighted by atomic mass is 9.99. The van der Waals surface area contributed by atoms with E-state index in [1.165, 1.54) is 12.1 Å². The van der Waals surface area contributed by atoms with Crippen molar-refractivity contribution in [2.75, 3.05) is 18.4 Å². The molecule has 9 heteroatoms. The number of rotatable bonds is 4. The van der Waals surface area contributed by atoms with Crippen LogP contribution in [-0.2, 0) is 13.1 Å². The van der Waals surface area contributed by atoms with E-state index in [0.29, 0.717) is 19.6 Å². The molecular weight excluding hydrogens is 462 g/mol. The van der Waals surface area contributed by atoms with Crippen LogP contribution in [0.25, 0.3) is 22.2 Å². The molecule has 0 bridgehead atoms. The summed E-state index contributed by atoms with van der Waals surface area (Å²) in [5.41, 5.74) is 6.19. The Hall–Kier alpha value is -3.85. The van der Waals surface area contributed by atoms with Gasteiger partial charge in [0.1, 0.15) is 5.69 Å². The Labute approximate surface area is 207 Å². The number of halogens is 2. The van der Waals surface area contributed by atoms with Crippen molar-refractivity contribution in [2.24, 2.45) is 0 Å². The van der Waals surface area contributed by atoms with Crippen LogP contribution < -0.4 is 5.32 Å². The molecule has 0 radical (unpaired) electrons. The zero-order valence-electron chi connectivity index (χ0n) is 19.9. The van der Waals surface area contributed by atoms with Crippen LogP contribution in [0.3, 0.4) is 0 Å². The number of pyridine rings is 1. The number of fused-ring (bicyclic) bond motifs is 2. The number of carbonyl (C=O) groups is 1. The van der Waals surface area contributed by atoms with Crippen molar-refractivity contribution in [3.63, 3.8) is 0 Å². The molecule has 0 aliphatic carbocycles. The van der Waals surface area contributed by atoms with Crippen LogP contribution in [-0.4, -0.2) is 50.1 Å². The molecule has 0 spiro atoms. The number of likely N-dealkylation sites (tertiary alicyclic amines) is 1. The van der Waals surface area contributed by atoms with Gasteiger partial charge in [-0.05, 0) is 73.8 Å². The zero-order chi connectivity index (χ0) is 24.8. The summed E-state index contributed by atoms with van der Waals surface area (Å²) in [6.07, 6.45) is 3.60. The summed E-state index contributed by atoms with van der Waals surface area (Å²) in [4.78, 5) is 21.4. The summed E-state index contributed by atoms with van der Waals surface area (Å²) in [5.74, 6) is -1.67. The molecule has 2 aliphatic rings. The first-order valence-electron chi connectivity index (χ1n) is 12.1. The third-order valence-electron chi connectivity index (χ3n) is 7.11. The van der Waals surface area contributed by atoms with Gasteiger partial charge in [0.2, 0.25) is 0 Å². The van der Waals surface area contributed by atoms with Gasteiger partial charge in [-0.25, -0.2) is 13.6 Å². The number of nitrogens with zero attached hydrogens (tertiary/aromatic N) is 4. The summed E-state index contributed by atoms with van der Waals surface area (Å²) in [7, 11) is 0. The third-order valence-corrected chi connectivity index (χ3v) is 7.11. The molecule has 184 valence electrons. The maximum atomic E-state index is 13.7. The summed E-state index contributed by atoms with van der Waals surface area (Å²) in [6.45, 7) is 4.50. The molecule has 4 aromatic rings. The van der Waals surface area contributed by atoms with Gasteiger partial charge in [-0.1, -0.05) is 6.07 Å². The van der Waals surface area contributed by atoms with Crippen LogP contribution in [0.4, 0.5) is 19.3 Å². The summed E-state index contributed by atoms with van der Waals surface area (Å²) in [6, 6.07) is 11.9. The first kappa shape index (κ1) is 22.6. The Bertz CT molecular complexity index is 1470. The number of piperidine rings is 1. The molecule has 2 aromatic carbocycles. The number of amides is 2. The second-order valence-electron chi connectivity index (χ2n) is 9.65. The number of benzene rings is 2. The van der Waals surface area contributed by atoms with Crippen LogP contribution >= 0.6 is 0 Å². The topological polar surface area (TPSA) is 77.2 Å². The highest BCUT2D eigenvalue weighted by atomic mass is 19.2. The molecule has 4 heterocycles. The van der Waals surface area contributed by atoms with Crippen molar-refractivity contribution in [1.29, 1.82) is 0 Å². The van der Waals surface area contributed by atoms with Crippen molar-refractivity contribution in [3.05, 3.63) is 77.1 Å². The van der Waals surface area contributed by atoms with E-state index in [1.807, 2.05) is 30.0 Å².